The lowest BCUT2D eigenvalue weighted by molar-refractivity contribution is 0.807. The van der Waals surface area contributed by atoms with Crippen LogP contribution in [0.3, 0.4) is 0 Å². The largest absolute Gasteiger partial charge is 0.353 e. The fraction of sp³-hybridized carbons (Fsp3) is 0.162. The Hall–Kier alpha value is -5.03. The second-order valence-corrected chi connectivity index (χ2v) is 11.6. The van der Waals surface area contributed by atoms with Crippen LogP contribution in [0, 0.1) is 0 Å². The third-order valence-electron chi connectivity index (χ3n) is 8.22. The van der Waals surface area contributed by atoms with Gasteiger partial charge in [-0.15, -0.1) is 0 Å². The zero-order valence-electron chi connectivity index (χ0n) is 24.2. The summed E-state index contributed by atoms with van der Waals surface area (Å²) in [4.78, 5) is 26.3. The molecule has 3 heterocycles. The lowest BCUT2D eigenvalue weighted by Gasteiger charge is -2.22. The molecule has 0 spiro atoms. The number of pyridine rings is 2. The molecule has 0 bridgehead atoms. The van der Waals surface area contributed by atoms with Crippen molar-refractivity contribution in [3.05, 3.63) is 125 Å². The van der Waals surface area contributed by atoms with Gasteiger partial charge in [-0.1, -0.05) is 94.4 Å². The highest BCUT2D eigenvalue weighted by Crippen LogP contribution is 2.38. The van der Waals surface area contributed by atoms with Gasteiger partial charge in [0.15, 0.2) is 5.43 Å². The molecule has 0 aliphatic rings. The average Bonchev–Trinajstić information content (AvgIpc) is 3.45. The number of benzene rings is 4. The molecular weight excluding hydrogens is 516 g/mol. The van der Waals surface area contributed by atoms with Crippen molar-refractivity contribution in [2.75, 3.05) is 0 Å². The first-order valence-corrected chi connectivity index (χ1v) is 14.5. The summed E-state index contributed by atoms with van der Waals surface area (Å²) < 4.78 is 2.27. The van der Waals surface area contributed by atoms with E-state index in [-0.39, 0.29) is 5.43 Å². The molecule has 0 saturated carbocycles. The van der Waals surface area contributed by atoms with Gasteiger partial charge in [0.2, 0.25) is 0 Å². The summed E-state index contributed by atoms with van der Waals surface area (Å²) in [5.41, 5.74) is 7.23. The van der Waals surface area contributed by atoms with Gasteiger partial charge in [0.1, 0.15) is 11.5 Å². The third-order valence-corrected chi connectivity index (χ3v) is 8.22. The minimum Gasteiger partial charge on any atom is -0.353 e. The summed E-state index contributed by atoms with van der Waals surface area (Å²) in [6.45, 7) is 8.96. The van der Waals surface area contributed by atoms with E-state index in [1.54, 1.807) is 6.07 Å². The molecule has 0 radical (unpaired) electrons. The molecule has 0 unspecified atom stereocenters. The predicted octanol–water partition coefficient (Wildman–Crippen LogP) is 9.00. The molecule has 206 valence electrons. The van der Waals surface area contributed by atoms with Crippen molar-refractivity contribution in [2.45, 2.75) is 39.5 Å². The zero-order chi connectivity index (χ0) is 29.0. The second kappa shape index (κ2) is 10.1. The maximum atomic E-state index is 13.0. The molecule has 4 aromatic carbocycles. The molecule has 0 atom stereocenters. The number of nitrogens with one attached hydrogen (secondary N) is 1. The number of hydrogen-bond acceptors (Lipinski definition) is 3. The zero-order valence-corrected chi connectivity index (χ0v) is 24.2. The topological polar surface area (TPSA) is 63.6 Å². The number of rotatable bonds is 5. The number of H-pyrrole nitrogens is 1. The maximum Gasteiger partial charge on any atom is 0.188 e. The molecule has 0 saturated heterocycles. The van der Waals surface area contributed by atoms with E-state index in [2.05, 4.69) is 103 Å². The molecule has 42 heavy (non-hydrogen) atoms. The van der Waals surface area contributed by atoms with Gasteiger partial charge in [0.05, 0.1) is 22.3 Å². The van der Waals surface area contributed by atoms with Crippen molar-refractivity contribution < 1.29 is 0 Å². The first-order chi connectivity index (χ1) is 20.4. The van der Waals surface area contributed by atoms with Crippen molar-refractivity contribution in [3.63, 3.8) is 0 Å². The van der Waals surface area contributed by atoms with E-state index in [1.807, 2.05) is 36.7 Å². The first-order valence-electron chi connectivity index (χ1n) is 14.5. The monoisotopic (exact) mass is 548 g/mol. The highest BCUT2D eigenvalue weighted by Gasteiger charge is 2.22. The SMILES string of the molecule is CC(C)c1cccc(C(C)C)c1-n1cc(-c2ccc3ccc4cccc(=O)c4c3[nH]2)nc1-c1cccc2ccncc12. The fourth-order valence-electron chi connectivity index (χ4n) is 6.10. The van der Waals surface area contributed by atoms with Crippen LogP contribution in [0.5, 0.6) is 0 Å². The normalized spacial score (nSPS) is 11.9. The third kappa shape index (κ3) is 4.20. The van der Waals surface area contributed by atoms with Gasteiger partial charge in [-0.2, -0.15) is 0 Å². The van der Waals surface area contributed by atoms with E-state index < -0.39 is 0 Å². The Balaban J connectivity index is 1.55. The lowest BCUT2D eigenvalue weighted by Crippen LogP contribution is -2.08. The standard InChI is InChI=1S/C37H32N4O/c1-22(2)27-10-7-11-28(23(3)4)36(27)41-21-32(40-37(41)29-12-5-8-24-18-19-38-20-30(24)29)31-17-16-26-15-14-25-9-6-13-33(42)34(25)35(26)39-31/h5-23,39H,1-4H3. The Morgan fingerprint density at radius 3 is 2.21 bits per heavy atom. The molecule has 0 aliphatic heterocycles. The number of hydrogen-bond donors (Lipinski definition) is 1. The maximum absolute atomic E-state index is 13.0. The van der Waals surface area contributed by atoms with E-state index >= 15 is 0 Å². The highest BCUT2D eigenvalue weighted by molar-refractivity contribution is 6.05. The van der Waals surface area contributed by atoms with Crippen molar-refractivity contribution in [1.82, 2.24) is 19.5 Å². The second-order valence-electron chi connectivity index (χ2n) is 11.6. The van der Waals surface area contributed by atoms with Gasteiger partial charge in [0, 0.05) is 29.5 Å². The van der Waals surface area contributed by atoms with Crippen LogP contribution in [0.1, 0.15) is 50.7 Å². The van der Waals surface area contributed by atoms with Gasteiger partial charge >= 0.3 is 0 Å². The van der Waals surface area contributed by atoms with Crippen LogP contribution in [0.4, 0.5) is 0 Å². The van der Waals surface area contributed by atoms with Crippen molar-refractivity contribution >= 4 is 32.4 Å². The van der Waals surface area contributed by atoms with Gasteiger partial charge < -0.3 is 4.98 Å². The van der Waals surface area contributed by atoms with Crippen LogP contribution in [0.25, 0.3) is 60.9 Å². The minimum atomic E-state index is 0.00779. The van der Waals surface area contributed by atoms with Gasteiger partial charge in [-0.05, 0) is 57.3 Å². The molecule has 3 aromatic heterocycles. The first kappa shape index (κ1) is 25.9. The Morgan fingerprint density at radius 1 is 0.738 bits per heavy atom. The lowest BCUT2D eigenvalue weighted by atomic mass is 9.92. The van der Waals surface area contributed by atoms with E-state index in [4.69, 9.17) is 4.98 Å². The number of fused-ring (bicyclic) bond motifs is 4. The van der Waals surface area contributed by atoms with E-state index in [0.717, 1.165) is 49.8 Å². The molecule has 0 fully saturated rings. The molecule has 5 heteroatoms. The molecule has 0 aliphatic carbocycles. The van der Waals surface area contributed by atoms with Crippen LogP contribution in [-0.4, -0.2) is 19.5 Å². The fourth-order valence-corrected chi connectivity index (χ4v) is 6.10. The summed E-state index contributed by atoms with van der Waals surface area (Å²) in [5, 5.41) is 4.78. The Labute approximate surface area is 244 Å². The van der Waals surface area contributed by atoms with Crippen LogP contribution in [0.2, 0.25) is 0 Å². The van der Waals surface area contributed by atoms with E-state index in [0.29, 0.717) is 17.2 Å². The van der Waals surface area contributed by atoms with Gasteiger partial charge in [-0.25, -0.2) is 4.98 Å². The minimum absolute atomic E-state index is 0.00779. The molecule has 0 amide bonds. The van der Waals surface area contributed by atoms with Crippen LogP contribution in [0.15, 0.2) is 108 Å². The highest BCUT2D eigenvalue weighted by atomic mass is 16.1. The van der Waals surface area contributed by atoms with Crippen molar-refractivity contribution in [1.29, 1.82) is 0 Å². The quantitative estimate of drug-likeness (QED) is 0.218. The molecular formula is C37H32N4O. The Bertz CT molecular complexity index is 2150. The van der Waals surface area contributed by atoms with Crippen LogP contribution < -0.4 is 5.43 Å². The summed E-state index contributed by atoms with van der Waals surface area (Å²) >= 11 is 0. The van der Waals surface area contributed by atoms with Gasteiger partial charge in [0.25, 0.3) is 0 Å². The van der Waals surface area contributed by atoms with E-state index in [9.17, 15) is 4.79 Å². The molecule has 5 nitrogen and oxygen atoms in total. The molecule has 1 N–H and O–H groups in total. The Morgan fingerprint density at radius 2 is 1.43 bits per heavy atom. The number of aromatic nitrogens is 4. The Kier molecular flexibility index (Phi) is 6.23. The number of aromatic amines is 1. The molecule has 7 aromatic rings. The summed E-state index contributed by atoms with van der Waals surface area (Å²) in [7, 11) is 0. The number of imidazole rings is 1. The van der Waals surface area contributed by atoms with Gasteiger partial charge in [-0.3, -0.25) is 14.3 Å². The average molecular weight is 549 g/mol. The number of nitrogens with zero attached hydrogens (tertiary/aromatic N) is 3. The number of para-hydroxylation sites is 1. The van der Waals surface area contributed by atoms with Crippen molar-refractivity contribution in [3.8, 4) is 28.5 Å². The summed E-state index contributed by atoms with van der Waals surface area (Å²) in [6.07, 6.45) is 5.89. The predicted molar refractivity (Wildman–Crippen MR) is 174 cm³/mol. The van der Waals surface area contributed by atoms with Crippen molar-refractivity contribution in [2.24, 2.45) is 0 Å². The van der Waals surface area contributed by atoms with Crippen LogP contribution in [-0.2, 0) is 0 Å². The van der Waals surface area contributed by atoms with E-state index in [1.165, 1.54) is 16.8 Å². The smallest absolute Gasteiger partial charge is 0.188 e. The molecule has 7 rings (SSSR count). The van der Waals surface area contributed by atoms with Crippen LogP contribution >= 0.6 is 0 Å². The summed E-state index contributed by atoms with van der Waals surface area (Å²) in [6, 6.07) is 28.6. The summed E-state index contributed by atoms with van der Waals surface area (Å²) in [5.74, 6) is 1.50.